The lowest BCUT2D eigenvalue weighted by Gasteiger charge is -2.36. The Morgan fingerprint density at radius 3 is 2.96 bits per heavy atom. The molecule has 1 saturated heterocycles. The van der Waals surface area contributed by atoms with Crippen LogP contribution in [0, 0.1) is 5.82 Å². The van der Waals surface area contributed by atoms with E-state index in [1.807, 2.05) is 24.1 Å². The minimum absolute atomic E-state index is 0.00140. The first-order valence-corrected chi connectivity index (χ1v) is 8.17. The SMILES string of the molecule is Cn1nccc1CCC(=O)N1CCCC[C@@H]1c1cccc(F)c1. The summed E-state index contributed by atoms with van der Waals surface area (Å²) >= 11 is 0. The highest BCUT2D eigenvalue weighted by Crippen LogP contribution is 2.31. The Kier molecular flexibility index (Phi) is 4.74. The molecule has 0 aliphatic carbocycles. The first-order valence-electron chi connectivity index (χ1n) is 8.17. The van der Waals surface area contributed by atoms with Crippen molar-refractivity contribution in [3.8, 4) is 0 Å². The molecular formula is C18H22FN3O. The molecule has 1 aromatic carbocycles. The largest absolute Gasteiger partial charge is 0.336 e. The van der Waals surface area contributed by atoms with Gasteiger partial charge in [0.1, 0.15) is 5.82 Å². The third-order valence-electron chi connectivity index (χ3n) is 4.57. The summed E-state index contributed by atoms with van der Waals surface area (Å²) < 4.78 is 15.3. The molecule has 3 rings (SSSR count). The second kappa shape index (κ2) is 6.94. The van der Waals surface area contributed by atoms with Crippen molar-refractivity contribution in [2.75, 3.05) is 6.54 Å². The summed E-state index contributed by atoms with van der Waals surface area (Å²) in [4.78, 5) is 14.6. The molecule has 1 aliphatic heterocycles. The van der Waals surface area contributed by atoms with Crippen LogP contribution in [0.3, 0.4) is 0 Å². The summed E-state index contributed by atoms with van der Waals surface area (Å²) in [6.07, 6.45) is 5.89. The van der Waals surface area contributed by atoms with Gasteiger partial charge in [-0.3, -0.25) is 9.48 Å². The van der Waals surface area contributed by atoms with Crippen molar-refractivity contribution >= 4 is 5.91 Å². The number of benzene rings is 1. The van der Waals surface area contributed by atoms with Crippen molar-refractivity contribution in [1.82, 2.24) is 14.7 Å². The van der Waals surface area contributed by atoms with Crippen molar-refractivity contribution in [2.45, 2.75) is 38.1 Å². The van der Waals surface area contributed by atoms with E-state index in [1.165, 1.54) is 6.07 Å². The number of aryl methyl sites for hydroxylation is 2. The molecule has 0 saturated carbocycles. The highest BCUT2D eigenvalue weighted by molar-refractivity contribution is 5.77. The molecule has 2 heterocycles. The zero-order valence-electron chi connectivity index (χ0n) is 13.4. The van der Waals surface area contributed by atoms with Crippen molar-refractivity contribution in [1.29, 1.82) is 0 Å². The van der Waals surface area contributed by atoms with Crippen LogP contribution in [0.2, 0.25) is 0 Å². The predicted octanol–water partition coefficient (Wildman–Crippen LogP) is 3.25. The fraction of sp³-hybridized carbons (Fsp3) is 0.444. The standard InChI is InChI=1S/C18H22FN3O/c1-21-16(10-11-20-21)8-9-18(23)22-12-3-2-7-17(22)14-5-4-6-15(19)13-14/h4-6,10-11,13,17H,2-3,7-9,12H2,1H3/t17-/m1/s1. The van der Waals surface area contributed by atoms with Crippen LogP contribution in [0.5, 0.6) is 0 Å². The number of piperidine rings is 1. The number of likely N-dealkylation sites (tertiary alicyclic amines) is 1. The van der Waals surface area contributed by atoms with Crippen LogP contribution >= 0.6 is 0 Å². The summed E-state index contributed by atoms with van der Waals surface area (Å²) in [5, 5.41) is 4.13. The van der Waals surface area contributed by atoms with Gasteiger partial charge >= 0.3 is 0 Å². The van der Waals surface area contributed by atoms with Gasteiger partial charge < -0.3 is 4.90 Å². The number of hydrogen-bond donors (Lipinski definition) is 0. The monoisotopic (exact) mass is 315 g/mol. The number of halogens is 1. The second-order valence-electron chi connectivity index (χ2n) is 6.10. The van der Waals surface area contributed by atoms with Crippen molar-refractivity contribution in [2.24, 2.45) is 7.05 Å². The minimum Gasteiger partial charge on any atom is -0.336 e. The van der Waals surface area contributed by atoms with E-state index in [0.717, 1.165) is 37.1 Å². The Bertz CT molecular complexity index is 682. The van der Waals surface area contributed by atoms with Crippen LogP contribution in [-0.4, -0.2) is 27.1 Å². The van der Waals surface area contributed by atoms with Crippen LogP contribution in [0.1, 0.15) is 43.0 Å². The quantitative estimate of drug-likeness (QED) is 0.868. The predicted molar refractivity (Wildman–Crippen MR) is 86.2 cm³/mol. The van der Waals surface area contributed by atoms with E-state index in [2.05, 4.69) is 5.10 Å². The maximum Gasteiger partial charge on any atom is 0.223 e. The summed E-state index contributed by atoms with van der Waals surface area (Å²) in [6, 6.07) is 8.57. The molecule has 0 radical (unpaired) electrons. The minimum atomic E-state index is -0.240. The molecule has 0 bridgehead atoms. The molecule has 1 fully saturated rings. The Morgan fingerprint density at radius 1 is 1.35 bits per heavy atom. The van der Waals surface area contributed by atoms with Crippen molar-refractivity contribution in [3.63, 3.8) is 0 Å². The zero-order valence-corrected chi connectivity index (χ0v) is 13.4. The first kappa shape index (κ1) is 15.7. The molecular weight excluding hydrogens is 293 g/mol. The fourth-order valence-corrected chi connectivity index (χ4v) is 3.32. The fourth-order valence-electron chi connectivity index (χ4n) is 3.32. The normalized spacial score (nSPS) is 18.2. The van der Waals surface area contributed by atoms with Crippen LogP contribution in [0.15, 0.2) is 36.5 Å². The molecule has 0 unspecified atom stereocenters. The molecule has 1 aliphatic rings. The third kappa shape index (κ3) is 3.60. The number of hydrogen-bond acceptors (Lipinski definition) is 2. The van der Waals surface area contributed by atoms with Gasteiger partial charge in [-0.1, -0.05) is 12.1 Å². The van der Waals surface area contributed by atoms with E-state index in [-0.39, 0.29) is 17.8 Å². The Hall–Kier alpha value is -2.17. The van der Waals surface area contributed by atoms with Gasteiger partial charge in [0, 0.05) is 31.9 Å². The summed E-state index contributed by atoms with van der Waals surface area (Å²) in [6.45, 7) is 0.755. The lowest BCUT2D eigenvalue weighted by atomic mass is 9.94. The molecule has 0 N–H and O–H groups in total. The number of carbonyl (C=O) groups excluding carboxylic acids is 1. The smallest absolute Gasteiger partial charge is 0.223 e. The van der Waals surface area contributed by atoms with Gasteiger partial charge in [-0.2, -0.15) is 5.10 Å². The lowest BCUT2D eigenvalue weighted by Crippen LogP contribution is -2.38. The topological polar surface area (TPSA) is 38.1 Å². The van der Waals surface area contributed by atoms with E-state index in [9.17, 15) is 9.18 Å². The highest BCUT2D eigenvalue weighted by atomic mass is 19.1. The molecule has 4 nitrogen and oxygen atoms in total. The molecule has 0 spiro atoms. The first-order chi connectivity index (χ1) is 11.1. The van der Waals surface area contributed by atoms with Gasteiger partial charge in [0.15, 0.2) is 0 Å². The number of amides is 1. The molecule has 1 amide bonds. The second-order valence-corrected chi connectivity index (χ2v) is 6.10. The van der Waals surface area contributed by atoms with E-state index < -0.39 is 0 Å². The average Bonchev–Trinajstić information content (AvgIpc) is 2.98. The summed E-state index contributed by atoms with van der Waals surface area (Å²) in [7, 11) is 1.89. The van der Waals surface area contributed by atoms with Crippen LogP contribution in [-0.2, 0) is 18.3 Å². The van der Waals surface area contributed by atoms with E-state index >= 15 is 0 Å². The van der Waals surface area contributed by atoms with E-state index in [1.54, 1.807) is 23.0 Å². The van der Waals surface area contributed by atoms with Gasteiger partial charge in [-0.05, 0) is 49.4 Å². The maximum absolute atomic E-state index is 13.5. The molecule has 1 atom stereocenters. The number of aromatic nitrogens is 2. The number of carbonyl (C=O) groups is 1. The highest BCUT2D eigenvalue weighted by Gasteiger charge is 2.27. The third-order valence-corrected chi connectivity index (χ3v) is 4.57. The molecule has 23 heavy (non-hydrogen) atoms. The van der Waals surface area contributed by atoms with Crippen molar-refractivity contribution < 1.29 is 9.18 Å². The Labute approximate surface area is 135 Å². The molecule has 5 heteroatoms. The lowest BCUT2D eigenvalue weighted by molar-refractivity contribution is -0.135. The Balaban J connectivity index is 1.70. The van der Waals surface area contributed by atoms with Gasteiger partial charge in [0.2, 0.25) is 5.91 Å². The number of nitrogens with zero attached hydrogens (tertiary/aromatic N) is 3. The Morgan fingerprint density at radius 2 is 2.22 bits per heavy atom. The van der Waals surface area contributed by atoms with Crippen LogP contribution in [0.4, 0.5) is 4.39 Å². The zero-order chi connectivity index (χ0) is 16.2. The summed E-state index contributed by atoms with van der Waals surface area (Å²) in [5.41, 5.74) is 1.95. The van der Waals surface area contributed by atoms with E-state index in [4.69, 9.17) is 0 Å². The number of rotatable bonds is 4. The maximum atomic E-state index is 13.5. The van der Waals surface area contributed by atoms with Gasteiger partial charge in [0.25, 0.3) is 0 Å². The van der Waals surface area contributed by atoms with Crippen LogP contribution < -0.4 is 0 Å². The molecule has 122 valence electrons. The average molecular weight is 315 g/mol. The van der Waals surface area contributed by atoms with Gasteiger partial charge in [-0.25, -0.2) is 4.39 Å². The molecule has 1 aromatic heterocycles. The van der Waals surface area contributed by atoms with Crippen molar-refractivity contribution in [3.05, 3.63) is 53.6 Å². The van der Waals surface area contributed by atoms with Crippen LogP contribution in [0.25, 0.3) is 0 Å². The summed E-state index contributed by atoms with van der Waals surface area (Å²) in [5.74, 6) is -0.101. The van der Waals surface area contributed by atoms with Gasteiger partial charge in [0.05, 0.1) is 6.04 Å². The van der Waals surface area contributed by atoms with E-state index in [0.29, 0.717) is 12.8 Å². The van der Waals surface area contributed by atoms with Gasteiger partial charge in [-0.15, -0.1) is 0 Å². The molecule has 2 aromatic rings.